The largest absolute Gasteiger partial charge is 0.464 e. The van der Waals surface area contributed by atoms with Crippen LogP contribution in [0.15, 0.2) is 71.7 Å². The number of rotatable bonds is 12. The van der Waals surface area contributed by atoms with Crippen molar-refractivity contribution in [2.75, 3.05) is 39.5 Å². The minimum Gasteiger partial charge on any atom is -0.464 e. The number of aromatic amines is 1. The van der Waals surface area contributed by atoms with Crippen molar-refractivity contribution in [1.29, 1.82) is 0 Å². The van der Waals surface area contributed by atoms with E-state index in [-0.39, 0.29) is 36.6 Å². The van der Waals surface area contributed by atoms with Crippen molar-refractivity contribution in [3.8, 4) is 0 Å². The smallest absolute Gasteiger partial charge is 0.305 e. The quantitative estimate of drug-likeness (QED) is 0.269. The van der Waals surface area contributed by atoms with E-state index >= 15 is 0 Å². The molecule has 2 heterocycles. The number of ether oxygens (including phenoxy) is 2. The first-order valence-electron chi connectivity index (χ1n) is 13.0. The third-order valence-corrected chi connectivity index (χ3v) is 6.41. The summed E-state index contributed by atoms with van der Waals surface area (Å²) < 4.78 is 10.5. The van der Waals surface area contributed by atoms with Gasteiger partial charge in [0.25, 0.3) is 11.5 Å². The van der Waals surface area contributed by atoms with Crippen LogP contribution in [-0.4, -0.2) is 72.0 Å². The van der Waals surface area contributed by atoms with Gasteiger partial charge in [0.15, 0.2) is 11.6 Å². The van der Waals surface area contributed by atoms with Crippen LogP contribution >= 0.6 is 0 Å². The van der Waals surface area contributed by atoms with Gasteiger partial charge in [-0.05, 0) is 17.5 Å². The Morgan fingerprint density at radius 2 is 1.62 bits per heavy atom. The molecule has 0 spiro atoms. The average Bonchev–Trinajstić information content (AvgIpc) is 2.97. The molecule has 204 valence electrons. The number of H-pyrrole nitrogens is 1. The summed E-state index contributed by atoms with van der Waals surface area (Å²) in [4.78, 5) is 58.8. The summed E-state index contributed by atoms with van der Waals surface area (Å²) in [6.45, 7) is 3.94. The molecule has 1 saturated heterocycles. The Morgan fingerprint density at radius 3 is 2.23 bits per heavy atom. The minimum absolute atomic E-state index is 0.0110. The second-order valence-electron chi connectivity index (χ2n) is 9.15. The van der Waals surface area contributed by atoms with Gasteiger partial charge in [-0.15, -0.1) is 0 Å². The van der Waals surface area contributed by atoms with Crippen LogP contribution in [0.4, 0.5) is 0 Å². The molecule has 0 aliphatic carbocycles. The van der Waals surface area contributed by atoms with Gasteiger partial charge in [-0.3, -0.25) is 24.1 Å². The van der Waals surface area contributed by atoms with Crippen molar-refractivity contribution in [2.45, 2.75) is 25.3 Å². The molecule has 1 aromatic heterocycles. The maximum absolute atomic E-state index is 13.0. The van der Waals surface area contributed by atoms with Gasteiger partial charge in [-0.1, -0.05) is 60.7 Å². The van der Waals surface area contributed by atoms with E-state index in [9.17, 15) is 19.2 Å². The summed E-state index contributed by atoms with van der Waals surface area (Å²) in [7, 11) is 0. The number of esters is 1. The first-order chi connectivity index (χ1) is 19.0. The zero-order chi connectivity index (χ0) is 27.5. The maximum Gasteiger partial charge on any atom is 0.305 e. The maximum atomic E-state index is 13.0. The van der Waals surface area contributed by atoms with Gasteiger partial charge >= 0.3 is 5.97 Å². The number of amides is 1. The second kappa shape index (κ2) is 14.1. The van der Waals surface area contributed by atoms with Gasteiger partial charge in [0.2, 0.25) is 0 Å². The highest BCUT2D eigenvalue weighted by atomic mass is 16.5. The molecule has 1 aliphatic heterocycles. The standard InChI is InChI=1S/C29H32N4O6/c34-24(12-7-13-25(35)39-19-16-33-14-17-38-18-15-33)27-30-20-23(29(37)32-27)28(36)31-26(21-8-3-1-4-9-21)22-10-5-2-6-11-22/h1-6,8-11,20,26H,7,12-19H2,(H,31,36)(H,30,32,37). The molecule has 0 bridgehead atoms. The summed E-state index contributed by atoms with van der Waals surface area (Å²) in [6.07, 6.45) is 1.46. The van der Waals surface area contributed by atoms with Gasteiger partial charge in [0, 0.05) is 38.7 Å². The Bertz CT molecular complexity index is 1270. The number of hydrogen-bond donors (Lipinski definition) is 2. The van der Waals surface area contributed by atoms with E-state index in [1.165, 1.54) is 0 Å². The molecule has 2 N–H and O–H groups in total. The fourth-order valence-electron chi connectivity index (χ4n) is 4.25. The average molecular weight is 533 g/mol. The fraction of sp³-hybridized carbons (Fsp3) is 0.345. The number of carbonyl (C=O) groups excluding carboxylic acids is 3. The molecule has 0 atom stereocenters. The Morgan fingerprint density at radius 1 is 0.974 bits per heavy atom. The summed E-state index contributed by atoms with van der Waals surface area (Å²) in [6, 6.07) is 18.3. The molecule has 4 rings (SSSR count). The third kappa shape index (κ3) is 8.17. The zero-order valence-electron chi connectivity index (χ0n) is 21.6. The number of aromatic nitrogens is 2. The predicted octanol–water partition coefficient (Wildman–Crippen LogP) is 2.52. The van der Waals surface area contributed by atoms with Crippen LogP contribution in [0.1, 0.15) is 57.4 Å². The molecule has 2 aromatic carbocycles. The van der Waals surface area contributed by atoms with E-state index < -0.39 is 23.3 Å². The van der Waals surface area contributed by atoms with Crippen molar-refractivity contribution >= 4 is 17.7 Å². The van der Waals surface area contributed by atoms with Crippen LogP contribution in [0.3, 0.4) is 0 Å². The Hall–Kier alpha value is -4.15. The van der Waals surface area contributed by atoms with E-state index in [1.54, 1.807) is 0 Å². The molecular weight excluding hydrogens is 500 g/mol. The Balaban J connectivity index is 1.29. The number of ketones is 1. The summed E-state index contributed by atoms with van der Waals surface area (Å²) in [5.41, 5.74) is 0.793. The van der Waals surface area contributed by atoms with Gasteiger partial charge < -0.3 is 19.8 Å². The van der Waals surface area contributed by atoms with E-state index in [4.69, 9.17) is 9.47 Å². The topological polar surface area (TPSA) is 131 Å². The Labute approximate surface area is 226 Å². The van der Waals surface area contributed by atoms with Crippen LogP contribution in [0.2, 0.25) is 0 Å². The first-order valence-corrected chi connectivity index (χ1v) is 13.0. The lowest BCUT2D eigenvalue weighted by atomic mass is 9.98. The van der Waals surface area contributed by atoms with Gasteiger partial charge in [-0.2, -0.15) is 0 Å². The van der Waals surface area contributed by atoms with Crippen molar-refractivity contribution in [1.82, 2.24) is 20.2 Å². The van der Waals surface area contributed by atoms with Crippen LogP contribution in [0, 0.1) is 0 Å². The van der Waals surface area contributed by atoms with E-state index in [0.717, 1.165) is 30.4 Å². The normalized spacial score (nSPS) is 13.7. The third-order valence-electron chi connectivity index (χ3n) is 6.41. The van der Waals surface area contributed by atoms with Crippen LogP contribution in [0.25, 0.3) is 0 Å². The number of benzene rings is 2. The highest BCUT2D eigenvalue weighted by Crippen LogP contribution is 2.22. The van der Waals surface area contributed by atoms with Crippen LogP contribution in [-0.2, 0) is 14.3 Å². The predicted molar refractivity (Wildman–Crippen MR) is 143 cm³/mol. The molecule has 10 heteroatoms. The molecule has 1 fully saturated rings. The molecule has 0 radical (unpaired) electrons. The molecule has 3 aromatic rings. The van der Waals surface area contributed by atoms with Crippen molar-refractivity contribution in [2.24, 2.45) is 0 Å². The number of morpholine rings is 1. The Kier molecular flexibility index (Phi) is 10.1. The second-order valence-corrected chi connectivity index (χ2v) is 9.15. The molecular formula is C29H32N4O6. The molecule has 0 saturated carbocycles. The summed E-state index contributed by atoms with van der Waals surface area (Å²) >= 11 is 0. The molecule has 1 amide bonds. The van der Waals surface area contributed by atoms with Gasteiger partial charge in [0.1, 0.15) is 12.2 Å². The molecule has 1 aliphatic rings. The number of carbonyl (C=O) groups is 3. The monoisotopic (exact) mass is 532 g/mol. The van der Waals surface area contributed by atoms with Crippen LogP contribution < -0.4 is 10.9 Å². The number of Topliss-reactive ketones (excluding diaryl/α,β-unsaturated/α-hetero) is 1. The van der Waals surface area contributed by atoms with E-state index in [2.05, 4.69) is 20.2 Å². The van der Waals surface area contributed by atoms with Crippen LogP contribution in [0.5, 0.6) is 0 Å². The summed E-state index contributed by atoms with van der Waals surface area (Å²) in [5.74, 6) is -1.57. The van der Waals surface area contributed by atoms with E-state index in [1.807, 2.05) is 60.7 Å². The first kappa shape index (κ1) is 27.9. The highest BCUT2D eigenvalue weighted by Gasteiger charge is 2.21. The zero-order valence-corrected chi connectivity index (χ0v) is 21.6. The number of nitrogens with one attached hydrogen (secondary N) is 2. The molecule has 10 nitrogen and oxygen atoms in total. The lowest BCUT2D eigenvalue weighted by Crippen LogP contribution is -2.38. The lowest BCUT2D eigenvalue weighted by molar-refractivity contribution is -0.144. The van der Waals surface area contributed by atoms with Crippen molar-refractivity contribution in [3.05, 3.63) is 99.7 Å². The fourth-order valence-corrected chi connectivity index (χ4v) is 4.25. The number of hydrogen-bond acceptors (Lipinski definition) is 8. The SMILES string of the molecule is O=C(CCCC(=O)c1ncc(C(=O)NC(c2ccccc2)c2ccccc2)c(=O)[nH]1)OCCN1CCOCC1. The molecule has 39 heavy (non-hydrogen) atoms. The lowest BCUT2D eigenvalue weighted by Gasteiger charge is -2.26. The number of nitrogens with zero attached hydrogens (tertiary/aromatic N) is 2. The summed E-state index contributed by atoms with van der Waals surface area (Å²) in [5, 5.41) is 2.90. The minimum atomic E-state index is -0.715. The van der Waals surface area contributed by atoms with Crippen molar-refractivity contribution < 1.29 is 23.9 Å². The van der Waals surface area contributed by atoms with E-state index in [0.29, 0.717) is 26.4 Å². The van der Waals surface area contributed by atoms with Gasteiger partial charge in [-0.25, -0.2) is 4.98 Å². The highest BCUT2D eigenvalue weighted by molar-refractivity contribution is 5.95. The van der Waals surface area contributed by atoms with Crippen molar-refractivity contribution in [3.63, 3.8) is 0 Å². The van der Waals surface area contributed by atoms with Gasteiger partial charge in [0.05, 0.1) is 19.3 Å². The molecule has 0 unspecified atom stereocenters.